The Kier molecular flexibility index (Phi) is 3.24. The summed E-state index contributed by atoms with van der Waals surface area (Å²) in [7, 11) is 1.87. The van der Waals surface area contributed by atoms with Crippen molar-refractivity contribution in [2.24, 2.45) is 7.05 Å². The van der Waals surface area contributed by atoms with E-state index >= 15 is 0 Å². The Bertz CT molecular complexity index is 910. The molecule has 3 aromatic rings. The molecule has 1 aromatic heterocycles. The van der Waals surface area contributed by atoms with E-state index in [1.165, 1.54) is 0 Å². The van der Waals surface area contributed by atoms with Crippen LogP contribution in [0.5, 0.6) is 0 Å². The van der Waals surface area contributed by atoms with Gasteiger partial charge in [0.25, 0.3) is 0 Å². The van der Waals surface area contributed by atoms with Gasteiger partial charge in [-0.3, -0.25) is 4.98 Å². The number of hydrogen-bond acceptors (Lipinski definition) is 1. The molecule has 6 heteroatoms. The van der Waals surface area contributed by atoms with Crippen LogP contribution in [0.3, 0.4) is 0 Å². The summed E-state index contributed by atoms with van der Waals surface area (Å²) in [6.07, 6.45) is -4.41. The van der Waals surface area contributed by atoms with E-state index in [4.69, 9.17) is 0 Å². The molecule has 4 rings (SSSR count). The van der Waals surface area contributed by atoms with Crippen molar-refractivity contribution in [3.8, 4) is 22.5 Å². The van der Waals surface area contributed by atoms with Crippen LogP contribution in [0.4, 0.5) is 13.2 Å². The Morgan fingerprint density at radius 3 is 2.64 bits per heavy atom. The van der Waals surface area contributed by atoms with Crippen LogP contribution in [0, 0.1) is 13.0 Å². The first-order valence-electron chi connectivity index (χ1n) is 6.48. The summed E-state index contributed by atoms with van der Waals surface area (Å²) in [5.41, 5.74) is 2.08. The van der Waals surface area contributed by atoms with E-state index in [1.807, 2.05) is 24.6 Å². The van der Waals surface area contributed by atoms with Gasteiger partial charge in [0.05, 0.1) is 5.82 Å². The Balaban J connectivity index is 0.00000144. The molecule has 1 radical (unpaired) electrons. The van der Waals surface area contributed by atoms with Crippen LogP contribution in [0.1, 0.15) is 11.4 Å². The van der Waals surface area contributed by atoms with Crippen molar-refractivity contribution in [1.29, 1.82) is 0 Å². The predicted octanol–water partition coefficient (Wildman–Crippen LogP) is 4.35. The fourth-order valence-corrected chi connectivity index (χ4v) is 2.98. The molecule has 1 aliphatic rings. The van der Waals surface area contributed by atoms with E-state index in [2.05, 4.69) is 11.1 Å². The zero-order valence-electron chi connectivity index (χ0n) is 11.7. The van der Waals surface area contributed by atoms with Crippen LogP contribution in [0.15, 0.2) is 24.3 Å². The van der Waals surface area contributed by atoms with Crippen molar-refractivity contribution in [2.75, 3.05) is 0 Å². The molecule has 2 aromatic carbocycles. The maximum Gasteiger partial charge on any atom is 0.399 e. The second-order valence-electron chi connectivity index (χ2n) is 5.24. The Hall–Kier alpha value is -1.65. The summed E-state index contributed by atoms with van der Waals surface area (Å²) in [5.74, 6) is 0.772. The predicted molar refractivity (Wildman–Crippen MR) is 73.7 cm³/mol. The zero-order valence-corrected chi connectivity index (χ0v) is 14.1. The third-order valence-corrected chi connectivity index (χ3v) is 4.02. The van der Waals surface area contributed by atoms with E-state index in [-0.39, 0.29) is 20.1 Å². The first-order valence-corrected chi connectivity index (χ1v) is 6.48. The molecule has 0 saturated heterocycles. The van der Waals surface area contributed by atoms with E-state index < -0.39 is 11.7 Å². The van der Waals surface area contributed by atoms with Gasteiger partial charge in [0.15, 0.2) is 0 Å². The summed E-state index contributed by atoms with van der Waals surface area (Å²) < 4.78 is 41.1. The molecule has 22 heavy (non-hydrogen) atoms. The molecule has 0 amide bonds. The molecule has 0 saturated carbocycles. The summed E-state index contributed by atoms with van der Waals surface area (Å²) >= 11 is 0. The Morgan fingerprint density at radius 1 is 1.23 bits per heavy atom. The molecule has 0 spiro atoms. The third kappa shape index (κ3) is 1.87. The van der Waals surface area contributed by atoms with Crippen LogP contribution >= 0.6 is 0 Å². The average Bonchev–Trinajstić information content (AvgIpc) is 2.88. The molecule has 2 nitrogen and oxygen atoms in total. The molecule has 0 atom stereocenters. The Labute approximate surface area is 138 Å². The van der Waals surface area contributed by atoms with Gasteiger partial charge in [-0.05, 0) is 18.1 Å². The van der Waals surface area contributed by atoms with E-state index in [0.717, 1.165) is 28.5 Å². The number of imidazole rings is 1. The topological polar surface area (TPSA) is 17.8 Å². The fourth-order valence-electron chi connectivity index (χ4n) is 2.98. The minimum atomic E-state index is -4.41. The molecule has 0 N–H and O–H groups in total. The van der Waals surface area contributed by atoms with Crippen LogP contribution in [-0.4, -0.2) is 9.55 Å². The van der Waals surface area contributed by atoms with Gasteiger partial charge >= 0.3 is 6.18 Å². The standard InChI is InChI=1S/C16H10F3N2.Ir/c1-8-20-14-12-7-10(16(17,18)19)6-9-4-3-5-11(13(9)12)15(14)21(8)2;/h3-6H,1-2H3;/q-1;. The quantitative estimate of drug-likeness (QED) is 0.343. The summed E-state index contributed by atoms with van der Waals surface area (Å²) in [5, 5.41) is 1.38. The van der Waals surface area contributed by atoms with Gasteiger partial charge in [-0.15, -0.1) is 17.7 Å². The smallest absolute Gasteiger partial charge is 0.340 e. The average molecular weight is 479 g/mol. The normalized spacial score (nSPS) is 12.4. The van der Waals surface area contributed by atoms with Crippen molar-refractivity contribution in [3.05, 3.63) is 41.7 Å². The van der Waals surface area contributed by atoms with E-state index in [0.29, 0.717) is 16.6 Å². The van der Waals surface area contributed by atoms with Crippen molar-refractivity contribution in [1.82, 2.24) is 9.55 Å². The van der Waals surface area contributed by atoms with Crippen molar-refractivity contribution < 1.29 is 33.3 Å². The third-order valence-electron chi connectivity index (χ3n) is 4.02. The van der Waals surface area contributed by atoms with E-state index in [9.17, 15) is 13.2 Å². The van der Waals surface area contributed by atoms with Gasteiger partial charge < -0.3 is 4.57 Å². The van der Waals surface area contributed by atoms with Crippen LogP contribution in [-0.2, 0) is 33.3 Å². The second-order valence-corrected chi connectivity index (χ2v) is 5.24. The minimum absolute atomic E-state index is 0. The number of fused-ring (bicyclic) bond motifs is 3. The number of rotatable bonds is 0. The van der Waals surface area contributed by atoms with Gasteiger partial charge in [0, 0.05) is 38.5 Å². The van der Waals surface area contributed by atoms with Gasteiger partial charge in [-0.2, -0.15) is 13.2 Å². The maximum atomic E-state index is 13.1. The summed E-state index contributed by atoms with van der Waals surface area (Å²) in [6, 6.07) is 9.07. The van der Waals surface area contributed by atoms with Gasteiger partial charge in [0.1, 0.15) is 0 Å². The zero-order chi connectivity index (χ0) is 14.9. The molecule has 0 unspecified atom stereocenters. The molecular weight excluding hydrogens is 469 g/mol. The van der Waals surface area contributed by atoms with Crippen LogP contribution in [0.25, 0.3) is 33.3 Å². The number of alkyl halides is 3. The van der Waals surface area contributed by atoms with Gasteiger partial charge in [-0.25, -0.2) is 0 Å². The molecule has 1 heterocycles. The molecular formula is C16H10F3IrN2-. The van der Waals surface area contributed by atoms with Crippen molar-refractivity contribution >= 4 is 10.8 Å². The van der Waals surface area contributed by atoms with Crippen molar-refractivity contribution in [2.45, 2.75) is 13.1 Å². The van der Waals surface area contributed by atoms with Gasteiger partial charge in [-0.1, -0.05) is 29.0 Å². The first-order chi connectivity index (χ1) is 9.88. The molecule has 0 aliphatic heterocycles. The SMILES string of the molecule is Cc1nc2c(n1C)-c1cccc3cc(C(F)(F)F)[c-]c-2c13.[Ir]. The van der Waals surface area contributed by atoms with Crippen molar-refractivity contribution in [3.63, 3.8) is 0 Å². The Morgan fingerprint density at radius 2 is 1.95 bits per heavy atom. The number of nitrogens with zero attached hydrogens (tertiary/aromatic N) is 2. The molecule has 0 fully saturated rings. The summed E-state index contributed by atoms with van der Waals surface area (Å²) in [4.78, 5) is 4.42. The number of aromatic nitrogens is 2. The fraction of sp³-hybridized carbons (Fsp3) is 0.188. The molecule has 115 valence electrons. The maximum absolute atomic E-state index is 13.1. The largest absolute Gasteiger partial charge is 0.399 e. The minimum Gasteiger partial charge on any atom is -0.340 e. The van der Waals surface area contributed by atoms with Crippen LogP contribution in [0.2, 0.25) is 0 Å². The number of halogens is 3. The van der Waals surface area contributed by atoms with Gasteiger partial charge in [0.2, 0.25) is 0 Å². The molecule has 1 aliphatic carbocycles. The first kappa shape index (κ1) is 15.3. The number of aryl methyl sites for hydroxylation is 1. The molecule has 0 bridgehead atoms. The van der Waals surface area contributed by atoms with E-state index in [1.54, 1.807) is 12.1 Å². The monoisotopic (exact) mass is 480 g/mol. The second kappa shape index (κ2) is 4.67. The number of hydrogen-bond donors (Lipinski definition) is 0. The summed E-state index contributed by atoms with van der Waals surface area (Å²) in [6.45, 7) is 1.84. The number of benzene rings is 2. The van der Waals surface area contributed by atoms with Crippen LogP contribution < -0.4 is 0 Å².